The SMILES string of the molecule is CC(C)(C)C1CCC2(CC1)CC(=O)N=C([O-])C2. The zero-order valence-corrected chi connectivity index (χ0v) is 11.1. The Balaban J connectivity index is 2.04. The Morgan fingerprint density at radius 3 is 2.29 bits per heavy atom. The first-order valence-electron chi connectivity index (χ1n) is 6.58. The molecular weight excluding hydrogens is 214 g/mol. The van der Waals surface area contributed by atoms with Gasteiger partial charge in [-0.3, -0.25) is 4.79 Å². The van der Waals surface area contributed by atoms with Crippen LogP contribution in [0.1, 0.15) is 59.3 Å². The first kappa shape index (κ1) is 12.6. The fourth-order valence-corrected chi connectivity index (χ4v) is 3.37. The lowest BCUT2D eigenvalue weighted by Crippen LogP contribution is -2.40. The summed E-state index contributed by atoms with van der Waals surface area (Å²) < 4.78 is 0. The highest BCUT2D eigenvalue weighted by Crippen LogP contribution is 2.49. The predicted octanol–water partition coefficient (Wildman–Crippen LogP) is 2.29. The molecule has 1 aliphatic heterocycles. The maximum atomic E-state index is 11.4. The second kappa shape index (κ2) is 4.11. The van der Waals surface area contributed by atoms with E-state index < -0.39 is 0 Å². The van der Waals surface area contributed by atoms with Gasteiger partial charge in [-0.2, -0.15) is 0 Å². The highest BCUT2D eigenvalue weighted by atomic mass is 16.3. The number of carbonyl (C=O) groups excluding carboxylic acids is 1. The molecule has 1 amide bonds. The van der Waals surface area contributed by atoms with Crippen LogP contribution in [0.2, 0.25) is 0 Å². The molecule has 2 rings (SSSR count). The lowest BCUT2D eigenvalue weighted by atomic mass is 9.61. The van der Waals surface area contributed by atoms with Gasteiger partial charge in [0, 0.05) is 6.42 Å². The third-order valence-corrected chi connectivity index (χ3v) is 4.57. The van der Waals surface area contributed by atoms with E-state index in [4.69, 9.17) is 0 Å². The lowest BCUT2D eigenvalue weighted by Gasteiger charge is -2.45. The van der Waals surface area contributed by atoms with Crippen LogP contribution < -0.4 is 5.11 Å². The van der Waals surface area contributed by atoms with E-state index in [-0.39, 0.29) is 17.2 Å². The summed E-state index contributed by atoms with van der Waals surface area (Å²) in [5.74, 6) is 0.322. The van der Waals surface area contributed by atoms with Crippen LogP contribution in [0.4, 0.5) is 0 Å². The van der Waals surface area contributed by atoms with E-state index in [0.717, 1.165) is 31.6 Å². The van der Waals surface area contributed by atoms with Gasteiger partial charge in [0.1, 0.15) is 0 Å². The molecule has 0 saturated heterocycles. The highest BCUT2D eigenvalue weighted by Gasteiger charge is 2.41. The molecule has 0 bridgehead atoms. The molecule has 1 spiro atoms. The van der Waals surface area contributed by atoms with Crippen molar-refractivity contribution in [2.75, 3.05) is 0 Å². The molecule has 0 atom stereocenters. The molecule has 1 fully saturated rings. The molecule has 3 heteroatoms. The predicted molar refractivity (Wildman–Crippen MR) is 65.5 cm³/mol. The zero-order chi connectivity index (χ0) is 12.7. The van der Waals surface area contributed by atoms with E-state index in [9.17, 15) is 9.90 Å². The van der Waals surface area contributed by atoms with Crippen LogP contribution in [0.25, 0.3) is 0 Å². The van der Waals surface area contributed by atoms with Crippen molar-refractivity contribution in [3.8, 4) is 0 Å². The summed E-state index contributed by atoms with van der Waals surface area (Å²) in [6, 6.07) is 0. The third-order valence-electron chi connectivity index (χ3n) is 4.57. The molecule has 17 heavy (non-hydrogen) atoms. The van der Waals surface area contributed by atoms with Crippen LogP contribution in [0.5, 0.6) is 0 Å². The first-order chi connectivity index (χ1) is 7.81. The van der Waals surface area contributed by atoms with Gasteiger partial charge in [-0.1, -0.05) is 20.8 Å². The molecular formula is C14H22NO2-. The highest BCUT2D eigenvalue weighted by molar-refractivity contribution is 5.92. The topological polar surface area (TPSA) is 52.5 Å². The van der Waals surface area contributed by atoms with Crippen LogP contribution in [0, 0.1) is 16.7 Å². The molecule has 0 N–H and O–H groups in total. The zero-order valence-electron chi connectivity index (χ0n) is 11.1. The maximum absolute atomic E-state index is 11.4. The van der Waals surface area contributed by atoms with Gasteiger partial charge in [0.25, 0.3) is 0 Å². The number of carbonyl (C=O) groups is 1. The van der Waals surface area contributed by atoms with Gasteiger partial charge in [0.15, 0.2) is 0 Å². The minimum Gasteiger partial charge on any atom is -0.862 e. The smallest absolute Gasteiger partial charge is 0.245 e. The van der Waals surface area contributed by atoms with Gasteiger partial charge in [-0.25, -0.2) is 4.99 Å². The molecule has 1 aliphatic carbocycles. The van der Waals surface area contributed by atoms with Crippen molar-refractivity contribution < 1.29 is 9.90 Å². The minimum atomic E-state index is -0.199. The Labute approximate surface area is 103 Å². The van der Waals surface area contributed by atoms with Crippen LogP contribution in [0.15, 0.2) is 4.99 Å². The van der Waals surface area contributed by atoms with Crippen molar-refractivity contribution >= 4 is 11.8 Å². The van der Waals surface area contributed by atoms with E-state index in [1.54, 1.807) is 0 Å². The Hall–Kier alpha value is -0.860. The van der Waals surface area contributed by atoms with E-state index in [1.807, 2.05) is 0 Å². The minimum absolute atomic E-state index is 0.0440. The van der Waals surface area contributed by atoms with E-state index in [1.165, 1.54) is 0 Å². The second-order valence-corrected chi connectivity index (χ2v) is 6.89. The summed E-state index contributed by atoms with van der Waals surface area (Å²) in [6.45, 7) is 6.84. The largest absolute Gasteiger partial charge is 0.862 e. The van der Waals surface area contributed by atoms with Gasteiger partial charge in [-0.15, -0.1) is 0 Å². The molecule has 1 heterocycles. The van der Waals surface area contributed by atoms with Crippen molar-refractivity contribution in [1.29, 1.82) is 0 Å². The fraction of sp³-hybridized carbons (Fsp3) is 0.857. The Morgan fingerprint density at radius 2 is 1.82 bits per heavy atom. The van der Waals surface area contributed by atoms with Gasteiger partial charge in [-0.05, 0) is 54.7 Å². The average molecular weight is 236 g/mol. The second-order valence-electron chi connectivity index (χ2n) is 6.89. The standard InChI is InChI=1S/C14H23NO2/c1-13(2,3)10-4-6-14(7-5-10)8-11(16)15-12(17)9-14/h10H,4-9H2,1-3H3,(H,15,16,17)/p-1. The van der Waals surface area contributed by atoms with E-state index in [2.05, 4.69) is 25.8 Å². The van der Waals surface area contributed by atoms with E-state index >= 15 is 0 Å². The third kappa shape index (κ3) is 2.70. The summed E-state index contributed by atoms with van der Waals surface area (Å²) in [5, 5.41) is 11.4. The molecule has 1 saturated carbocycles. The van der Waals surface area contributed by atoms with Gasteiger partial charge >= 0.3 is 0 Å². The lowest BCUT2D eigenvalue weighted by molar-refractivity contribution is -0.223. The average Bonchev–Trinajstić information content (AvgIpc) is 2.14. The number of hydrogen-bond donors (Lipinski definition) is 0. The number of amides is 1. The summed E-state index contributed by atoms with van der Waals surface area (Å²) in [5.41, 5.74) is 0.298. The maximum Gasteiger partial charge on any atom is 0.245 e. The summed E-state index contributed by atoms with van der Waals surface area (Å²) in [4.78, 5) is 15.0. The van der Waals surface area contributed by atoms with Gasteiger partial charge < -0.3 is 5.11 Å². The number of aliphatic imine (C=N–C) groups is 1. The molecule has 2 aliphatic rings. The number of nitrogens with zero attached hydrogens (tertiary/aromatic N) is 1. The molecule has 0 aromatic carbocycles. The summed E-state index contributed by atoms with van der Waals surface area (Å²) >= 11 is 0. The van der Waals surface area contributed by atoms with Crippen molar-refractivity contribution in [1.82, 2.24) is 0 Å². The van der Waals surface area contributed by atoms with Crippen molar-refractivity contribution in [2.24, 2.45) is 21.7 Å². The number of hydrogen-bond acceptors (Lipinski definition) is 2. The molecule has 0 aromatic heterocycles. The Kier molecular flexibility index (Phi) is 3.04. The Bertz CT molecular complexity index is 344. The van der Waals surface area contributed by atoms with Crippen LogP contribution in [0.3, 0.4) is 0 Å². The van der Waals surface area contributed by atoms with Gasteiger partial charge in [0.2, 0.25) is 5.91 Å². The normalized spacial score (nSPS) is 34.9. The molecule has 96 valence electrons. The summed E-state index contributed by atoms with van der Waals surface area (Å²) in [7, 11) is 0. The monoisotopic (exact) mass is 236 g/mol. The summed E-state index contributed by atoms with van der Waals surface area (Å²) in [6.07, 6.45) is 5.31. The molecule has 0 aromatic rings. The van der Waals surface area contributed by atoms with Crippen LogP contribution >= 0.6 is 0 Å². The van der Waals surface area contributed by atoms with Crippen LogP contribution in [-0.2, 0) is 4.79 Å². The van der Waals surface area contributed by atoms with Crippen LogP contribution in [-0.4, -0.2) is 11.8 Å². The first-order valence-corrected chi connectivity index (χ1v) is 6.58. The van der Waals surface area contributed by atoms with Crippen molar-refractivity contribution in [3.63, 3.8) is 0 Å². The molecule has 0 radical (unpaired) electrons. The Morgan fingerprint density at radius 1 is 1.24 bits per heavy atom. The van der Waals surface area contributed by atoms with E-state index in [0.29, 0.717) is 18.3 Å². The van der Waals surface area contributed by atoms with Gasteiger partial charge in [0.05, 0.1) is 0 Å². The fourth-order valence-electron chi connectivity index (χ4n) is 3.37. The molecule has 0 unspecified atom stereocenters. The van der Waals surface area contributed by atoms with Crippen molar-refractivity contribution in [2.45, 2.75) is 59.3 Å². The molecule has 3 nitrogen and oxygen atoms in total. The quantitative estimate of drug-likeness (QED) is 0.648. The van der Waals surface area contributed by atoms with Crippen molar-refractivity contribution in [3.05, 3.63) is 0 Å². The number of rotatable bonds is 0.